The summed E-state index contributed by atoms with van der Waals surface area (Å²) in [7, 11) is 0. The van der Waals surface area contributed by atoms with Gasteiger partial charge in [0.2, 0.25) is 5.95 Å². The lowest BCUT2D eigenvalue weighted by atomic mass is 10.0. The molecule has 1 aromatic heterocycles. The smallest absolute Gasteiger partial charge is 0.345 e. The van der Waals surface area contributed by atoms with Gasteiger partial charge in [-0.3, -0.25) is 15.0 Å². The minimum absolute atomic E-state index is 0.118. The van der Waals surface area contributed by atoms with Crippen molar-refractivity contribution in [1.29, 1.82) is 0 Å². The first kappa shape index (κ1) is 22.0. The molecule has 30 heavy (non-hydrogen) atoms. The van der Waals surface area contributed by atoms with Gasteiger partial charge in [0.05, 0.1) is 12.8 Å². The van der Waals surface area contributed by atoms with Crippen molar-refractivity contribution in [2.75, 3.05) is 37.1 Å². The van der Waals surface area contributed by atoms with Gasteiger partial charge in [0, 0.05) is 29.8 Å². The summed E-state index contributed by atoms with van der Waals surface area (Å²) in [6.07, 6.45) is 2.95. The van der Waals surface area contributed by atoms with Crippen molar-refractivity contribution in [2.24, 2.45) is 5.92 Å². The lowest BCUT2D eigenvalue weighted by Crippen LogP contribution is -2.39. The molecule has 0 aliphatic carbocycles. The molecule has 160 valence electrons. The van der Waals surface area contributed by atoms with Crippen molar-refractivity contribution < 1.29 is 19.1 Å². The maximum absolute atomic E-state index is 12.9. The van der Waals surface area contributed by atoms with E-state index in [1.54, 1.807) is 31.2 Å². The van der Waals surface area contributed by atoms with Gasteiger partial charge in [-0.05, 0) is 49.9 Å². The molecule has 1 saturated heterocycles. The van der Waals surface area contributed by atoms with Crippen LogP contribution in [-0.2, 0) is 9.47 Å². The fourth-order valence-corrected chi connectivity index (χ4v) is 3.25. The van der Waals surface area contributed by atoms with Gasteiger partial charge in [0.1, 0.15) is 5.56 Å². The van der Waals surface area contributed by atoms with E-state index < -0.39 is 17.4 Å². The standard InChI is InChI=1S/C20H23BrN4O5/c1-2-30-19(28)16-12-23-20(22-11-13-7-9-29-10-8-13)25(18(16)27)24-17(26)14-3-5-15(21)6-4-14/h3-6,12-13H,2,7-11H2,1H3,(H,22,23)(H,24,26). The molecular weight excluding hydrogens is 456 g/mol. The summed E-state index contributed by atoms with van der Waals surface area (Å²) in [5.74, 6) is -0.805. The van der Waals surface area contributed by atoms with Crippen LogP contribution in [0.3, 0.4) is 0 Å². The number of hydrogen-bond donors (Lipinski definition) is 2. The Balaban J connectivity index is 1.87. The van der Waals surface area contributed by atoms with Crippen LogP contribution in [0.2, 0.25) is 0 Å². The summed E-state index contributed by atoms with van der Waals surface area (Å²) < 4.78 is 12.1. The molecule has 1 aromatic carbocycles. The van der Waals surface area contributed by atoms with Crippen LogP contribution in [0.5, 0.6) is 0 Å². The molecule has 2 N–H and O–H groups in total. The molecule has 2 heterocycles. The first-order valence-electron chi connectivity index (χ1n) is 9.67. The van der Waals surface area contributed by atoms with E-state index in [0.29, 0.717) is 31.2 Å². The average molecular weight is 479 g/mol. The first-order valence-corrected chi connectivity index (χ1v) is 10.5. The van der Waals surface area contributed by atoms with Crippen LogP contribution in [-0.4, -0.2) is 47.9 Å². The normalized spacial score (nSPS) is 14.2. The predicted molar refractivity (Wildman–Crippen MR) is 114 cm³/mol. The highest BCUT2D eigenvalue weighted by Gasteiger charge is 2.21. The zero-order valence-corrected chi connectivity index (χ0v) is 18.1. The number of hydrogen-bond acceptors (Lipinski definition) is 7. The van der Waals surface area contributed by atoms with E-state index in [4.69, 9.17) is 9.47 Å². The molecule has 1 aliphatic rings. The third-order valence-electron chi connectivity index (χ3n) is 4.67. The van der Waals surface area contributed by atoms with Gasteiger partial charge in [-0.15, -0.1) is 0 Å². The summed E-state index contributed by atoms with van der Waals surface area (Å²) in [5.41, 5.74) is 1.90. The number of anilines is 1. The van der Waals surface area contributed by atoms with Crippen molar-refractivity contribution in [1.82, 2.24) is 9.66 Å². The Morgan fingerprint density at radius 1 is 1.27 bits per heavy atom. The highest BCUT2D eigenvalue weighted by molar-refractivity contribution is 9.10. The van der Waals surface area contributed by atoms with Crippen LogP contribution in [0, 0.1) is 5.92 Å². The van der Waals surface area contributed by atoms with E-state index in [-0.39, 0.29) is 18.1 Å². The topological polar surface area (TPSA) is 112 Å². The van der Waals surface area contributed by atoms with Crippen molar-refractivity contribution in [3.63, 3.8) is 0 Å². The minimum Gasteiger partial charge on any atom is -0.462 e. The van der Waals surface area contributed by atoms with Crippen LogP contribution < -0.4 is 16.3 Å². The number of esters is 1. The predicted octanol–water partition coefficient (Wildman–Crippen LogP) is 2.40. The number of rotatable bonds is 7. The van der Waals surface area contributed by atoms with Crippen LogP contribution in [0.15, 0.2) is 39.7 Å². The SMILES string of the molecule is CCOC(=O)c1cnc(NCC2CCOCC2)n(NC(=O)c2ccc(Br)cc2)c1=O. The van der Waals surface area contributed by atoms with E-state index in [2.05, 4.69) is 31.7 Å². The second-order valence-electron chi connectivity index (χ2n) is 6.74. The van der Waals surface area contributed by atoms with Crippen molar-refractivity contribution >= 4 is 33.8 Å². The van der Waals surface area contributed by atoms with Crippen LogP contribution in [0.1, 0.15) is 40.5 Å². The molecule has 0 saturated carbocycles. The van der Waals surface area contributed by atoms with Crippen molar-refractivity contribution in [3.05, 3.63) is 56.4 Å². The number of nitrogens with one attached hydrogen (secondary N) is 2. The van der Waals surface area contributed by atoms with Crippen LogP contribution in [0.4, 0.5) is 5.95 Å². The number of aromatic nitrogens is 2. The number of halogens is 1. The fraction of sp³-hybridized carbons (Fsp3) is 0.400. The first-order chi connectivity index (χ1) is 14.5. The molecule has 0 unspecified atom stereocenters. The third-order valence-corrected chi connectivity index (χ3v) is 5.19. The van der Waals surface area contributed by atoms with Gasteiger partial charge in [-0.25, -0.2) is 9.78 Å². The number of nitrogens with zero attached hydrogens (tertiary/aromatic N) is 2. The van der Waals surface area contributed by atoms with Crippen LogP contribution >= 0.6 is 15.9 Å². The molecule has 2 aromatic rings. The van der Waals surface area contributed by atoms with E-state index in [9.17, 15) is 14.4 Å². The summed E-state index contributed by atoms with van der Waals surface area (Å²) >= 11 is 3.32. The van der Waals surface area contributed by atoms with E-state index >= 15 is 0 Å². The molecule has 9 nitrogen and oxygen atoms in total. The number of carbonyl (C=O) groups excluding carboxylic acids is 2. The van der Waals surface area contributed by atoms with E-state index in [1.807, 2.05) is 0 Å². The Kier molecular flexibility index (Phi) is 7.58. The molecule has 0 radical (unpaired) electrons. The monoisotopic (exact) mass is 478 g/mol. The molecule has 10 heteroatoms. The molecule has 0 atom stereocenters. The molecule has 1 fully saturated rings. The largest absolute Gasteiger partial charge is 0.462 e. The van der Waals surface area contributed by atoms with Crippen molar-refractivity contribution in [3.8, 4) is 0 Å². The molecule has 1 amide bonds. The number of carbonyl (C=O) groups is 2. The second-order valence-corrected chi connectivity index (χ2v) is 7.66. The fourth-order valence-electron chi connectivity index (χ4n) is 2.99. The molecule has 1 aliphatic heterocycles. The highest BCUT2D eigenvalue weighted by Crippen LogP contribution is 2.15. The molecule has 0 bridgehead atoms. The molecular formula is C20H23BrN4O5. The van der Waals surface area contributed by atoms with Gasteiger partial charge in [0.25, 0.3) is 11.5 Å². The maximum Gasteiger partial charge on any atom is 0.345 e. The number of amides is 1. The second kappa shape index (κ2) is 10.4. The minimum atomic E-state index is -0.794. The average Bonchev–Trinajstić information content (AvgIpc) is 2.75. The summed E-state index contributed by atoms with van der Waals surface area (Å²) in [4.78, 5) is 41.9. The Hall–Kier alpha value is -2.72. The van der Waals surface area contributed by atoms with Gasteiger partial charge in [-0.1, -0.05) is 15.9 Å². The van der Waals surface area contributed by atoms with Gasteiger partial charge < -0.3 is 14.8 Å². The third kappa shape index (κ3) is 5.45. The van der Waals surface area contributed by atoms with Crippen LogP contribution in [0.25, 0.3) is 0 Å². The Morgan fingerprint density at radius 2 is 1.97 bits per heavy atom. The Bertz CT molecular complexity index is 955. The Labute approximate surface area is 181 Å². The van der Waals surface area contributed by atoms with Gasteiger partial charge in [0.15, 0.2) is 0 Å². The quantitative estimate of drug-likeness (QED) is 0.587. The van der Waals surface area contributed by atoms with Gasteiger partial charge >= 0.3 is 5.97 Å². The maximum atomic E-state index is 12.9. The Morgan fingerprint density at radius 3 is 2.63 bits per heavy atom. The highest BCUT2D eigenvalue weighted by atomic mass is 79.9. The lowest BCUT2D eigenvalue weighted by Gasteiger charge is -2.23. The molecule has 0 spiro atoms. The number of ether oxygens (including phenoxy) is 2. The van der Waals surface area contributed by atoms with E-state index in [1.165, 1.54) is 0 Å². The van der Waals surface area contributed by atoms with Gasteiger partial charge in [-0.2, -0.15) is 4.68 Å². The summed E-state index contributed by atoms with van der Waals surface area (Å²) in [5, 5.41) is 3.11. The van der Waals surface area contributed by atoms with E-state index in [0.717, 1.165) is 28.2 Å². The molecule has 3 rings (SSSR count). The number of benzene rings is 1. The summed E-state index contributed by atoms with van der Waals surface area (Å²) in [6.45, 7) is 3.70. The summed E-state index contributed by atoms with van der Waals surface area (Å²) in [6, 6.07) is 6.66. The lowest BCUT2D eigenvalue weighted by molar-refractivity contribution is 0.0522. The zero-order valence-electron chi connectivity index (χ0n) is 16.5. The van der Waals surface area contributed by atoms with Crippen molar-refractivity contribution in [2.45, 2.75) is 19.8 Å². The zero-order chi connectivity index (χ0) is 21.5.